The molecule has 35 heavy (non-hydrogen) atoms. The van der Waals surface area contributed by atoms with Gasteiger partial charge in [0.05, 0.1) is 29.8 Å². The second-order valence-corrected chi connectivity index (χ2v) is 10.3. The Hall–Kier alpha value is -2.94. The molecule has 0 aliphatic rings. The van der Waals surface area contributed by atoms with E-state index in [-0.39, 0.29) is 15.6 Å². The number of hydrogen-bond donors (Lipinski definition) is 1. The average molecular weight is 537 g/mol. The Labute approximate surface area is 215 Å². The largest absolute Gasteiger partial charge is 0.493 e. The second-order valence-electron chi connectivity index (χ2n) is 7.56. The van der Waals surface area contributed by atoms with Crippen LogP contribution in [-0.4, -0.2) is 41.6 Å². The summed E-state index contributed by atoms with van der Waals surface area (Å²) in [5, 5.41) is 3.27. The van der Waals surface area contributed by atoms with E-state index in [9.17, 15) is 13.2 Å². The van der Waals surface area contributed by atoms with Crippen LogP contribution in [0.15, 0.2) is 71.6 Å². The van der Waals surface area contributed by atoms with Crippen LogP contribution in [0.3, 0.4) is 0 Å². The number of halogens is 2. The molecule has 0 aliphatic heterocycles. The smallest absolute Gasteiger partial charge is 0.264 e. The molecular weight excluding hydrogens is 511 g/mol. The van der Waals surface area contributed by atoms with Gasteiger partial charge in [-0.15, -0.1) is 0 Å². The molecule has 0 spiro atoms. The molecule has 0 heterocycles. The number of carbonyl (C=O) groups excluding carboxylic acids is 1. The van der Waals surface area contributed by atoms with E-state index in [4.69, 9.17) is 32.7 Å². The number of aryl methyl sites for hydroxylation is 1. The van der Waals surface area contributed by atoms with Crippen molar-refractivity contribution in [3.63, 3.8) is 0 Å². The van der Waals surface area contributed by atoms with Crippen molar-refractivity contribution in [3.8, 4) is 11.5 Å². The Bertz CT molecular complexity index is 1270. The van der Waals surface area contributed by atoms with Crippen molar-refractivity contribution in [3.05, 3.63) is 82.3 Å². The fraction of sp³-hybridized carbons (Fsp3) is 0.240. The average Bonchev–Trinajstić information content (AvgIpc) is 2.86. The van der Waals surface area contributed by atoms with Crippen molar-refractivity contribution in [1.29, 1.82) is 0 Å². The third kappa shape index (κ3) is 6.81. The summed E-state index contributed by atoms with van der Waals surface area (Å²) in [6, 6.07) is 18.0. The Morgan fingerprint density at radius 2 is 1.66 bits per heavy atom. The Balaban J connectivity index is 1.69. The van der Waals surface area contributed by atoms with Crippen molar-refractivity contribution in [2.24, 2.45) is 0 Å². The van der Waals surface area contributed by atoms with Crippen LogP contribution in [0.4, 0.5) is 5.69 Å². The molecule has 1 N–H and O–H groups in total. The lowest BCUT2D eigenvalue weighted by molar-refractivity contribution is -0.119. The molecular formula is C25H26Cl2N2O5S. The van der Waals surface area contributed by atoms with Gasteiger partial charge in [-0.1, -0.05) is 47.5 Å². The van der Waals surface area contributed by atoms with Gasteiger partial charge in [0.1, 0.15) is 6.54 Å². The summed E-state index contributed by atoms with van der Waals surface area (Å²) in [6.45, 7) is -0.0737. The van der Waals surface area contributed by atoms with E-state index in [2.05, 4.69) is 5.32 Å². The monoisotopic (exact) mass is 536 g/mol. The van der Waals surface area contributed by atoms with E-state index >= 15 is 0 Å². The molecule has 3 aromatic rings. The number of hydrogen-bond acceptors (Lipinski definition) is 5. The van der Waals surface area contributed by atoms with E-state index in [0.29, 0.717) is 35.9 Å². The molecule has 0 fully saturated rings. The van der Waals surface area contributed by atoms with E-state index in [1.807, 2.05) is 18.2 Å². The summed E-state index contributed by atoms with van der Waals surface area (Å²) in [4.78, 5) is 12.8. The number of anilines is 1. The fourth-order valence-corrected chi connectivity index (χ4v) is 5.47. The van der Waals surface area contributed by atoms with Crippen LogP contribution in [0.1, 0.15) is 12.0 Å². The number of carbonyl (C=O) groups is 1. The molecule has 0 aromatic heterocycles. The summed E-state index contributed by atoms with van der Waals surface area (Å²) < 4.78 is 38.3. The van der Waals surface area contributed by atoms with Gasteiger partial charge in [-0.25, -0.2) is 8.42 Å². The number of nitrogens with zero attached hydrogens (tertiary/aromatic N) is 1. The summed E-state index contributed by atoms with van der Waals surface area (Å²) in [6.07, 6.45) is 1.34. The Kier molecular flexibility index (Phi) is 9.26. The van der Waals surface area contributed by atoms with Crippen molar-refractivity contribution in [2.75, 3.05) is 31.6 Å². The predicted molar refractivity (Wildman–Crippen MR) is 138 cm³/mol. The molecule has 10 heteroatoms. The SMILES string of the molecule is COc1ccc(CCCNC(=O)CN(c2ccc(Cl)cc2Cl)S(=O)(=O)c2ccccc2)cc1OC. The molecule has 0 saturated heterocycles. The second kappa shape index (κ2) is 12.2. The maximum atomic E-state index is 13.4. The van der Waals surface area contributed by atoms with Gasteiger partial charge in [0.15, 0.2) is 11.5 Å². The molecule has 0 aliphatic carbocycles. The number of nitrogens with one attached hydrogen (secondary N) is 1. The standard InChI is InChI=1S/C25H26Cl2N2O5S/c1-33-23-13-10-18(15-24(23)34-2)7-6-14-28-25(30)17-29(22-12-11-19(26)16-21(22)27)35(31,32)20-8-4-3-5-9-20/h3-5,8-13,15-16H,6-7,14,17H2,1-2H3,(H,28,30). The van der Waals surface area contributed by atoms with Crippen molar-refractivity contribution in [1.82, 2.24) is 5.32 Å². The highest BCUT2D eigenvalue weighted by atomic mass is 35.5. The zero-order valence-corrected chi connectivity index (χ0v) is 21.7. The van der Waals surface area contributed by atoms with Crippen molar-refractivity contribution in [2.45, 2.75) is 17.7 Å². The number of amides is 1. The number of ether oxygens (including phenoxy) is 2. The van der Waals surface area contributed by atoms with Gasteiger partial charge in [-0.3, -0.25) is 9.10 Å². The van der Waals surface area contributed by atoms with Crippen molar-refractivity contribution >= 4 is 44.8 Å². The van der Waals surface area contributed by atoms with E-state index in [1.165, 1.54) is 30.3 Å². The first-order valence-electron chi connectivity index (χ1n) is 10.8. The maximum absolute atomic E-state index is 13.4. The van der Waals surface area contributed by atoms with Gasteiger partial charge in [-0.2, -0.15) is 0 Å². The normalized spacial score (nSPS) is 11.1. The van der Waals surface area contributed by atoms with Gasteiger partial charge >= 0.3 is 0 Å². The molecule has 0 bridgehead atoms. The van der Waals surface area contributed by atoms with Gasteiger partial charge < -0.3 is 14.8 Å². The molecule has 0 saturated carbocycles. The highest BCUT2D eigenvalue weighted by Gasteiger charge is 2.28. The van der Waals surface area contributed by atoms with E-state index < -0.39 is 22.5 Å². The highest BCUT2D eigenvalue weighted by molar-refractivity contribution is 7.92. The van der Waals surface area contributed by atoms with E-state index in [1.54, 1.807) is 32.4 Å². The minimum Gasteiger partial charge on any atom is -0.493 e. The number of rotatable bonds is 11. The lowest BCUT2D eigenvalue weighted by Crippen LogP contribution is -2.41. The van der Waals surface area contributed by atoms with Crippen LogP contribution in [-0.2, 0) is 21.2 Å². The van der Waals surface area contributed by atoms with Gasteiger partial charge in [0, 0.05) is 11.6 Å². The number of benzene rings is 3. The first-order valence-corrected chi connectivity index (χ1v) is 13.0. The number of methoxy groups -OCH3 is 2. The van der Waals surface area contributed by atoms with Crippen LogP contribution >= 0.6 is 23.2 Å². The zero-order valence-electron chi connectivity index (χ0n) is 19.3. The summed E-state index contributed by atoms with van der Waals surface area (Å²) >= 11 is 12.3. The lowest BCUT2D eigenvalue weighted by Gasteiger charge is -2.25. The maximum Gasteiger partial charge on any atom is 0.264 e. The molecule has 0 radical (unpaired) electrons. The topological polar surface area (TPSA) is 84.9 Å². The quantitative estimate of drug-likeness (QED) is 0.350. The molecule has 1 amide bonds. The van der Waals surface area contributed by atoms with Crippen LogP contribution in [0, 0.1) is 0 Å². The van der Waals surface area contributed by atoms with Crippen LogP contribution in [0.25, 0.3) is 0 Å². The van der Waals surface area contributed by atoms with Crippen LogP contribution in [0.5, 0.6) is 11.5 Å². The van der Waals surface area contributed by atoms with Crippen LogP contribution in [0.2, 0.25) is 10.0 Å². The Morgan fingerprint density at radius 1 is 0.943 bits per heavy atom. The van der Waals surface area contributed by atoms with Gasteiger partial charge in [-0.05, 0) is 60.9 Å². The Morgan fingerprint density at radius 3 is 2.31 bits per heavy atom. The zero-order chi connectivity index (χ0) is 25.4. The molecule has 0 unspecified atom stereocenters. The first-order chi connectivity index (χ1) is 16.8. The molecule has 7 nitrogen and oxygen atoms in total. The minimum absolute atomic E-state index is 0.0484. The summed E-state index contributed by atoms with van der Waals surface area (Å²) in [5.41, 5.74) is 1.19. The third-order valence-electron chi connectivity index (χ3n) is 5.21. The third-order valence-corrected chi connectivity index (χ3v) is 7.52. The number of sulfonamides is 1. The van der Waals surface area contributed by atoms with Crippen LogP contribution < -0.4 is 19.1 Å². The molecule has 3 aromatic carbocycles. The molecule has 0 atom stereocenters. The predicted octanol–water partition coefficient (Wildman–Crippen LogP) is 4.95. The highest BCUT2D eigenvalue weighted by Crippen LogP contribution is 2.32. The first kappa shape index (κ1) is 26.7. The fourth-order valence-electron chi connectivity index (χ4n) is 3.45. The molecule has 3 rings (SSSR count). The molecule has 186 valence electrons. The summed E-state index contributed by atoms with van der Waals surface area (Å²) in [5.74, 6) is 0.823. The van der Waals surface area contributed by atoms with E-state index in [0.717, 1.165) is 9.87 Å². The van der Waals surface area contributed by atoms with Gasteiger partial charge in [0.2, 0.25) is 5.91 Å². The minimum atomic E-state index is -4.05. The van der Waals surface area contributed by atoms with Gasteiger partial charge in [0.25, 0.3) is 10.0 Å². The van der Waals surface area contributed by atoms with Crippen molar-refractivity contribution < 1.29 is 22.7 Å². The summed E-state index contributed by atoms with van der Waals surface area (Å²) in [7, 11) is -0.905. The lowest BCUT2D eigenvalue weighted by atomic mass is 10.1.